The highest BCUT2D eigenvalue weighted by molar-refractivity contribution is 14.1. The molecular weight excluding hydrogens is 351 g/mol. The van der Waals surface area contributed by atoms with E-state index in [4.69, 9.17) is 0 Å². The van der Waals surface area contributed by atoms with E-state index in [1.54, 1.807) is 10.9 Å². The topological polar surface area (TPSA) is 59.8 Å². The third kappa shape index (κ3) is 2.83. The molecule has 0 radical (unpaired) electrons. The molecule has 0 aromatic carbocycles. The van der Waals surface area contributed by atoms with E-state index in [1.807, 2.05) is 19.2 Å². The number of aromatic nitrogens is 3. The largest absolute Gasteiger partial charge is 0.300 e. The monoisotopic (exact) mass is 362 g/mol. The Balaban J connectivity index is 2.06. The molecule has 0 unspecified atom stereocenters. The van der Waals surface area contributed by atoms with Crippen LogP contribution < -0.4 is 5.32 Å². The van der Waals surface area contributed by atoms with Crippen molar-refractivity contribution < 1.29 is 4.79 Å². The first-order valence-corrected chi connectivity index (χ1v) is 6.92. The normalized spacial score (nSPS) is 10.5. The molecule has 1 amide bonds. The number of nitrogens with one attached hydrogen (secondary N) is 1. The van der Waals surface area contributed by atoms with Crippen molar-refractivity contribution in [1.29, 1.82) is 0 Å². The van der Waals surface area contributed by atoms with Gasteiger partial charge in [-0.15, -0.1) is 11.3 Å². The van der Waals surface area contributed by atoms with Crippen molar-refractivity contribution in [3.8, 4) is 0 Å². The third-order valence-corrected chi connectivity index (χ3v) is 4.51. The molecule has 17 heavy (non-hydrogen) atoms. The zero-order valence-corrected chi connectivity index (χ0v) is 12.4. The summed E-state index contributed by atoms with van der Waals surface area (Å²) in [6.45, 7) is 4.11. The maximum Gasteiger partial charge on any atom is 0.247 e. The second-order valence-electron chi connectivity index (χ2n) is 3.53. The Morgan fingerprint density at radius 2 is 2.35 bits per heavy atom. The fourth-order valence-corrected chi connectivity index (χ4v) is 2.34. The van der Waals surface area contributed by atoms with E-state index >= 15 is 0 Å². The van der Waals surface area contributed by atoms with Gasteiger partial charge in [-0.2, -0.15) is 5.10 Å². The molecule has 0 aliphatic rings. The third-order valence-electron chi connectivity index (χ3n) is 2.27. The molecule has 2 aromatic heterocycles. The van der Waals surface area contributed by atoms with Gasteiger partial charge in [-0.3, -0.25) is 9.48 Å². The van der Waals surface area contributed by atoms with Crippen LogP contribution in [0, 0.1) is 17.4 Å². The summed E-state index contributed by atoms with van der Waals surface area (Å²) in [6.07, 6.45) is 1.66. The van der Waals surface area contributed by atoms with Gasteiger partial charge < -0.3 is 5.32 Å². The van der Waals surface area contributed by atoms with Crippen LogP contribution in [0.4, 0.5) is 5.13 Å². The quantitative estimate of drug-likeness (QED) is 0.852. The van der Waals surface area contributed by atoms with Crippen molar-refractivity contribution in [2.24, 2.45) is 0 Å². The molecule has 90 valence electrons. The minimum atomic E-state index is -0.109. The average molecular weight is 362 g/mol. The summed E-state index contributed by atoms with van der Waals surface area (Å²) >= 11 is 3.63. The Hall–Kier alpha value is -0.960. The van der Waals surface area contributed by atoms with Crippen LogP contribution in [0.3, 0.4) is 0 Å². The van der Waals surface area contributed by atoms with E-state index in [9.17, 15) is 4.79 Å². The van der Waals surface area contributed by atoms with E-state index in [0.29, 0.717) is 5.13 Å². The second kappa shape index (κ2) is 5.13. The molecule has 0 aliphatic heterocycles. The van der Waals surface area contributed by atoms with Gasteiger partial charge in [0, 0.05) is 17.3 Å². The van der Waals surface area contributed by atoms with Crippen molar-refractivity contribution in [2.45, 2.75) is 20.4 Å². The molecule has 2 rings (SSSR count). The molecule has 0 spiro atoms. The zero-order valence-electron chi connectivity index (χ0n) is 9.40. The van der Waals surface area contributed by atoms with E-state index < -0.39 is 0 Å². The smallest absolute Gasteiger partial charge is 0.247 e. The number of carbonyl (C=O) groups excluding carboxylic acids is 1. The average Bonchev–Trinajstić information content (AvgIpc) is 2.85. The predicted molar refractivity (Wildman–Crippen MR) is 75.2 cm³/mol. The molecule has 2 aromatic rings. The highest BCUT2D eigenvalue weighted by atomic mass is 127. The van der Waals surface area contributed by atoms with Crippen LogP contribution >= 0.6 is 33.9 Å². The number of amides is 1. The van der Waals surface area contributed by atoms with Crippen LogP contribution in [0.25, 0.3) is 0 Å². The Bertz CT molecular complexity index is 535. The van der Waals surface area contributed by atoms with Gasteiger partial charge in [-0.1, -0.05) is 0 Å². The number of thiazole rings is 1. The summed E-state index contributed by atoms with van der Waals surface area (Å²) < 4.78 is 2.81. The predicted octanol–water partition coefficient (Wildman–Crippen LogP) is 2.20. The molecule has 0 fully saturated rings. The molecular formula is C10H11IN4OS. The lowest BCUT2D eigenvalue weighted by Crippen LogP contribution is -2.20. The van der Waals surface area contributed by atoms with E-state index in [0.717, 1.165) is 15.0 Å². The maximum absolute atomic E-state index is 11.7. The number of carbonyl (C=O) groups is 1. The van der Waals surface area contributed by atoms with Crippen molar-refractivity contribution in [3.63, 3.8) is 0 Å². The van der Waals surface area contributed by atoms with Crippen LogP contribution in [0.5, 0.6) is 0 Å². The molecule has 0 atom stereocenters. The fourth-order valence-electron chi connectivity index (χ4n) is 1.41. The lowest BCUT2D eigenvalue weighted by molar-refractivity contribution is -0.116. The van der Waals surface area contributed by atoms with E-state index in [2.05, 4.69) is 38.0 Å². The van der Waals surface area contributed by atoms with Gasteiger partial charge in [0.25, 0.3) is 0 Å². The first kappa shape index (κ1) is 12.5. The van der Waals surface area contributed by atoms with E-state index in [1.165, 1.54) is 11.3 Å². The zero-order chi connectivity index (χ0) is 12.4. The molecule has 5 nitrogen and oxygen atoms in total. The van der Waals surface area contributed by atoms with Gasteiger partial charge in [0.1, 0.15) is 6.54 Å². The van der Waals surface area contributed by atoms with E-state index in [-0.39, 0.29) is 12.5 Å². The van der Waals surface area contributed by atoms with Gasteiger partial charge in [-0.25, -0.2) is 4.98 Å². The number of halogens is 1. The lowest BCUT2D eigenvalue weighted by Gasteiger charge is -2.04. The SMILES string of the molecule is Cc1nn(CC(=O)Nc2nccs2)c(C)c1I. The first-order chi connectivity index (χ1) is 8.08. The standard InChI is InChI=1S/C10H11IN4OS/c1-6-9(11)7(2)15(14-6)5-8(16)13-10-12-3-4-17-10/h3-4H,5H2,1-2H3,(H,12,13,16). The number of anilines is 1. The Morgan fingerprint density at radius 3 is 2.88 bits per heavy atom. The summed E-state index contributed by atoms with van der Waals surface area (Å²) in [6, 6.07) is 0. The second-order valence-corrected chi connectivity index (χ2v) is 5.50. The van der Waals surface area contributed by atoms with Crippen molar-refractivity contribution in [3.05, 3.63) is 26.5 Å². The molecule has 0 bridgehead atoms. The minimum Gasteiger partial charge on any atom is -0.300 e. The van der Waals surface area contributed by atoms with Gasteiger partial charge in [0.2, 0.25) is 5.91 Å². The van der Waals surface area contributed by atoms with Gasteiger partial charge in [0.15, 0.2) is 5.13 Å². The molecule has 0 saturated carbocycles. The number of hydrogen-bond acceptors (Lipinski definition) is 4. The van der Waals surface area contributed by atoms with Gasteiger partial charge >= 0.3 is 0 Å². The fraction of sp³-hybridized carbons (Fsp3) is 0.300. The Kier molecular flexibility index (Phi) is 3.77. The Morgan fingerprint density at radius 1 is 1.59 bits per heavy atom. The molecule has 0 saturated heterocycles. The van der Waals surface area contributed by atoms with Gasteiger partial charge in [-0.05, 0) is 36.4 Å². The summed E-state index contributed by atoms with van der Waals surface area (Å²) in [5, 5.41) is 9.48. The summed E-state index contributed by atoms with van der Waals surface area (Å²) in [5.74, 6) is -0.109. The van der Waals surface area contributed by atoms with Crippen molar-refractivity contribution in [1.82, 2.24) is 14.8 Å². The number of nitrogens with zero attached hydrogens (tertiary/aromatic N) is 3. The summed E-state index contributed by atoms with van der Waals surface area (Å²) in [4.78, 5) is 15.7. The highest BCUT2D eigenvalue weighted by Gasteiger charge is 2.12. The molecule has 2 heterocycles. The molecule has 0 aliphatic carbocycles. The van der Waals surface area contributed by atoms with Crippen LogP contribution in [0.1, 0.15) is 11.4 Å². The lowest BCUT2D eigenvalue weighted by atomic mass is 10.4. The minimum absolute atomic E-state index is 0.109. The summed E-state index contributed by atoms with van der Waals surface area (Å²) in [7, 11) is 0. The molecule has 1 N–H and O–H groups in total. The first-order valence-electron chi connectivity index (χ1n) is 4.97. The number of aryl methyl sites for hydroxylation is 1. The van der Waals surface area contributed by atoms with Gasteiger partial charge in [0.05, 0.1) is 9.26 Å². The summed E-state index contributed by atoms with van der Waals surface area (Å²) in [5.41, 5.74) is 1.96. The van der Waals surface area contributed by atoms with Crippen LogP contribution in [-0.4, -0.2) is 20.7 Å². The van der Waals surface area contributed by atoms with Crippen LogP contribution in [0.15, 0.2) is 11.6 Å². The van der Waals surface area contributed by atoms with Crippen LogP contribution in [0.2, 0.25) is 0 Å². The van der Waals surface area contributed by atoms with Crippen molar-refractivity contribution in [2.75, 3.05) is 5.32 Å². The molecule has 7 heteroatoms. The maximum atomic E-state index is 11.7. The highest BCUT2D eigenvalue weighted by Crippen LogP contribution is 2.15. The number of rotatable bonds is 3. The van der Waals surface area contributed by atoms with Crippen LogP contribution in [-0.2, 0) is 11.3 Å². The number of hydrogen-bond donors (Lipinski definition) is 1. The Labute approximate surface area is 116 Å². The van der Waals surface area contributed by atoms with Crippen molar-refractivity contribution >= 4 is 45.0 Å².